The van der Waals surface area contributed by atoms with Gasteiger partial charge in [0, 0.05) is 12.6 Å². The van der Waals surface area contributed by atoms with Gasteiger partial charge in [0.1, 0.15) is 0 Å². The van der Waals surface area contributed by atoms with Crippen LogP contribution in [0.4, 0.5) is 0 Å². The first-order chi connectivity index (χ1) is 12.9. The summed E-state index contributed by atoms with van der Waals surface area (Å²) in [5.41, 5.74) is 0.214. The van der Waals surface area contributed by atoms with Crippen molar-refractivity contribution in [2.75, 3.05) is 5.75 Å². The Hall–Kier alpha value is -1.76. The second-order valence-corrected chi connectivity index (χ2v) is 9.19. The van der Waals surface area contributed by atoms with Gasteiger partial charge in [-0.05, 0) is 43.2 Å². The van der Waals surface area contributed by atoms with E-state index in [4.69, 9.17) is 4.42 Å². The first kappa shape index (κ1) is 20.0. The van der Waals surface area contributed by atoms with Gasteiger partial charge < -0.3 is 9.73 Å². The first-order valence-electron chi connectivity index (χ1n) is 9.79. The fourth-order valence-corrected chi connectivity index (χ4v) is 4.80. The predicted octanol–water partition coefficient (Wildman–Crippen LogP) is 4.37. The largest absolute Gasteiger partial charge is 0.461 e. The van der Waals surface area contributed by atoms with E-state index in [1.165, 1.54) is 31.0 Å². The molecule has 2 heterocycles. The van der Waals surface area contributed by atoms with Gasteiger partial charge in [-0.1, -0.05) is 45.4 Å². The number of nitrogens with zero attached hydrogens (tertiary/aromatic N) is 3. The second kappa shape index (κ2) is 8.50. The molecular formula is C20H30N4O2S. The molecule has 27 heavy (non-hydrogen) atoms. The smallest absolute Gasteiger partial charge is 0.230 e. The van der Waals surface area contributed by atoms with E-state index in [0.717, 1.165) is 18.1 Å². The van der Waals surface area contributed by atoms with Gasteiger partial charge in [-0.2, -0.15) is 0 Å². The number of furan rings is 1. The van der Waals surface area contributed by atoms with Gasteiger partial charge in [-0.15, -0.1) is 10.2 Å². The molecule has 1 N–H and O–H groups in total. The standard InChI is InChI=1S/C20H30N4O2S/c1-5-24-18(16-11-8-12-26-16)22-23-19(24)27-13-17(25)21-15-10-7-6-9-14(15)20(2,3)4/h8,11-12,14-15H,5-7,9-10,13H2,1-4H3,(H,21,25). The summed E-state index contributed by atoms with van der Waals surface area (Å²) >= 11 is 1.43. The molecule has 0 radical (unpaired) electrons. The van der Waals surface area contributed by atoms with Crippen molar-refractivity contribution in [3.63, 3.8) is 0 Å². The van der Waals surface area contributed by atoms with E-state index in [1.54, 1.807) is 6.26 Å². The van der Waals surface area contributed by atoms with Gasteiger partial charge in [0.15, 0.2) is 16.7 Å². The van der Waals surface area contributed by atoms with Gasteiger partial charge in [0.05, 0.1) is 12.0 Å². The molecule has 0 aliphatic heterocycles. The lowest BCUT2D eigenvalue weighted by Crippen LogP contribution is -2.47. The number of aromatic nitrogens is 3. The van der Waals surface area contributed by atoms with Crippen molar-refractivity contribution in [2.45, 2.75) is 71.1 Å². The topological polar surface area (TPSA) is 73.0 Å². The van der Waals surface area contributed by atoms with Crippen LogP contribution in [0.25, 0.3) is 11.6 Å². The minimum Gasteiger partial charge on any atom is -0.461 e. The van der Waals surface area contributed by atoms with E-state index < -0.39 is 0 Å². The van der Waals surface area contributed by atoms with Crippen LogP contribution < -0.4 is 5.32 Å². The number of carbonyl (C=O) groups is 1. The molecule has 1 saturated carbocycles. The quantitative estimate of drug-likeness (QED) is 0.742. The van der Waals surface area contributed by atoms with Crippen molar-refractivity contribution in [1.82, 2.24) is 20.1 Å². The maximum Gasteiger partial charge on any atom is 0.230 e. The van der Waals surface area contributed by atoms with E-state index in [-0.39, 0.29) is 17.4 Å². The molecule has 1 fully saturated rings. The molecule has 148 valence electrons. The number of hydrogen-bond acceptors (Lipinski definition) is 5. The molecular weight excluding hydrogens is 360 g/mol. The zero-order valence-corrected chi connectivity index (χ0v) is 17.5. The number of thioether (sulfide) groups is 1. The Balaban J connectivity index is 1.61. The molecule has 0 bridgehead atoms. The highest BCUT2D eigenvalue weighted by Crippen LogP contribution is 2.38. The van der Waals surface area contributed by atoms with E-state index in [2.05, 4.69) is 36.3 Å². The van der Waals surface area contributed by atoms with E-state index in [9.17, 15) is 4.79 Å². The Bertz CT molecular complexity index is 749. The Morgan fingerprint density at radius 1 is 1.33 bits per heavy atom. The molecule has 0 aromatic carbocycles. The van der Waals surface area contributed by atoms with Crippen LogP contribution in [0.3, 0.4) is 0 Å². The lowest BCUT2D eigenvalue weighted by Gasteiger charge is -2.40. The molecule has 2 atom stereocenters. The third-order valence-corrected chi connectivity index (χ3v) is 6.30. The van der Waals surface area contributed by atoms with Gasteiger partial charge in [0.2, 0.25) is 5.91 Å². The van der Waals surface area contributed by atoms with Crippen LogP contribution in [0.2, 0.25) is 0 Å². The van der Waals surface area contributed by atoms with E-state index >= 15 is 0 Å². The maximum atomic E-state index is 12.6. The van der Waals surface area contributed by atoms with Crippen molar-refractivity contribution in [1.29, 1.82) is 0 Å². The molecule has 2 aromatic rings. The van der Waals surface area contributed by atoms with Gasteiger partial charge in [0.25, 0.3) is 0 Å². The summed E-state index contributed by atoms with van der Waals surface area (Å²) in [6.45, 7) is 9.59. The number of carbonyl (C=O) groups excluding carboxylic acids is 1. The summed E-state index contributed by atoms with van der Waals surface area (Å²) in [6.07, 6.45) is 6.35. The van der Waals surface area contributed by atoms with Crippen molar-refractivity contribution in [3.05, 3.63) is 18.4 Å². The lowest BCUT2D eigenvalue weighted by molar-refractivity contribution is -0.120. The summed E-state index contributed by atoms with van der Waals surface area (Å²) in [6, 6.07) is 3.97. The Morgan fingerprint density at radius 2 is 2.11 bits per heavy atom. The predicted molar refractivity (Wildman–Crippen MR) is 107 cm³/mol. The highest BCUT2D eigenvalue weighted by Gasteiger charge is 2.34. The van der Waals surface area contributed by atoms with Gasteiger partial charge in [-0.3, -0.25) is 9.36 Å². The average molecular weight is 391 g/mol. The summed E-state index contributed by atoms with van der Waals surface area (Å²) in [4.78, 5) is 12.6. The molecule has 0 spiro atoms. The van der Waals surface area contributed by atoms with Crippen LogP contribution in [0, 0.1) is 11.3 Å². The van der Waals surface area contributed by atoms with Crippen LogP contribution in [0.1, 0.15) is 53.4 Å². The number of nitrogens with one attached hydrogen (secondary N) is 1. The van der Waals surface area contributed by atoms with E-state index in [0.29, 0.717) is 23.3 Å². The normalized spacial score (nSPS) is 20.6. The SMILES string of the molecule is CCn1c(SCC(=O)NC2CCCCC2C(C)(C)C)nnc1-c1ccco1. The maximum absolute atomic E-state index is 12.6. The van der Waals surface area contributed by atoms with Crippen LogP contribution >= 0.6 is 11.8 Å². The Labute approximate surface area is 165 Å². The summed E-state index contributed by atoms with van der Waals surface area (Å²) in [7, 11) is 0. The van der Waals surface area contributed by atoms with Crippen molar-refractivity contribution in [3.8, 4) is 11.6 Å². The van der Waals surface area contributed by atoms with Crippen LogP contribution in [0.5, 0.6) is 0 Å². The second-order valence-electron chi connectivity index (χ2n) is 8.25. The third kappa shape index (κ3) is 4.75. The fourth-order valence-electron chi connectivity index (χ4n) is 3.99. The monoisotopic (exact) mass is 390 g/mol. The highest BCUT2D eigenvalue weighted by atomic mass is 32.2. The van der Waals surface area contributed by atoms with Crippen LogP contribution in [0.15, 0.2) is 28.0 Å². The Kier molecular flexibility index (Phi) is 6.29. The average Bonchev–Trinajstić information content (AvgIpc) is 3.28. The molecule has 2 aromatic heterocycles. The third-order valence-electron chi connectivity index (χ3n) is 5.33. The summed E-state index contributed by atoms with van der Waals surface area (Å²) in [5.74, 6) is 2.35. The van der Waals surface area contributed by atoms with Crippen molar-refractivity contribution < 1.29 is 9.21 Å². The lowest BCUT2D eigenvalue weighted by atomic mass is 9.69. The summed E-state index contributed by atoms with van der Waals surface area (Å²) in [5, 5.41) is 12.5. The van der Waals surface area contributed by atoms with Crippen molar-refractivity contribution >= 4 is 17.7 Å². The Morgan fingerprint density at radius 3 is 2.78 bits per heavy atom. The number of hydrogen-bond donors (Lipinski definition) is 1. The number of rotatable bonds is 6. The minimum atomic E-state index is 0.0753. The highest BCUT2D eigenvalue weighted by molar-refractivity contribution is 7.99. The molecule has 2 unspecified atom stereocenters. The van der Waals surface area contributed by atoms with Gasteiger partial charge >= 0.3 is 0 Å². The van der Waals surface area contributed by atoms with E-state index in [1.807, 2.05) is 23.6 Å². The molecule has 7 heteroatoms. The van der Waals surface area contributed by atoms with Gasteiger partial charge in [-0.25, -0.2) is 0 Å². The minimum absolute atomic E-state index is 0.0753. The fraction of sp³-hybridized carbons (Fsp3) is 0.650. The van der Waals surface area contributed by atoms with Crippen molar-refractivity contribution in [2.24, 2.45) is 11.3 Å². The van der Waals surface area contributed by atoms with Crippen LogP contribution in [-0.4, -0.2) is 32.5 Å². The molecule has 1 amide bonds. The van der Waals surface area contributed by atoms with Crippen LogP contribution in [-0.2, 0) is 11.3 Å². The molecule has 3 rings (SSSR count). The molecule has 1 aliphatic rings. The zero-order chi connectivity index (χ0) is 19.4. The molecule has 6 nitrogen and oxygen atoms in total. The first-order valence-corrected chi connectivity index (χ1v) is 10.8. The zero-order valence-electron chi connectivity index (χ0n) is 16.7. The molecule has 1 aliphatic carbocycles. The summed E-state index contributed by atoms with van der Waals surface area (Å²) < 4.78 is 7.41. The number of amides is 1. The molecule has 0 saturated heterocycles.